The summed E-state index contributed by atoms with van der Waals surface area (Å²) in [5.74, 6) is 0.615. The van der Waals surface area contributed by atoms with E-state index in [1.54, 1.807) is 0 Å². The second-order valence-corrected chi connectivity index (χ2v) is 8.07. The number of aryl methyl sites for hydroxylation is 2. The second-order valence-electron chi connectivity index (χ2n) is 8.07. The van der Waals surface area contributed by atoms with Gasteiger partial charge >= 0.3 is 0 Å². The van der Waals surface area contributed by atoms with Crippen molar-refractivity contribution < 1.29 is 0 Å². The van der Waals surface area contributed by atoms with Crippen LogP contribution in [0.15, 0.2) is 18.2 Å². The molecule has 2 atom stereocenters. The van der Waals surface area contributed by atoms with Gasteiger partial charge in [0.1, 0.15) is 0 Å². The van der Waals surface area contributed by atoms with Gasteiger partial charge < -0.3 is 5.73 Å². The fraction of sp³-hybridized carbons (Fsp3) is 0.684. The third-order valence-electron chi connectivity index (χ3n) is 4.94. The van der Waals surface area contributed by atoms with Crippen molar-refractivity contribution >= 4 is 0 Å². The highest BCUT2D eigenvalue weighted by Crippen LogP contribution is 2.44. The molecule has 1 heteroatoms. The molecule has 1 aromatic carbocycles. The third kappa shape index (κ3) is 3.44. The number of nitrogens with two attached hydrogens (primary N) is 1. The average Bonchev–Trinajstić information content (AvgIpc) is 2.25. The normalized spacial score (nSPS) is 27.6. The number of hydrogen-bond donors (Lipinski definition) is 1. The Morgan fingerprint density at radius 3 is 2.25 bits per heavy atom. The topological polar surface area (TPSA) is 26.0 Å². The zero-order chi connectivity index (χ0) is 15.0. The van der Waals surface area contributed by atoms with Crippen LogP contribution < -0.4 is 5.73 Å². The van der Waals surface area contributed by atoms with Gasteiger partial charge in [0, 0.05) is 5.54 Å². The Morgan fingerprint density at radius 2 is 1.70 bits per heavy atom. The minimum Gasteiger partial charge on any atom is -0.325 e. The predicted molar refractivity (Wildman–Crippen MR) is 88.0 cm³/mol. The molecule has 1 saturated carbocycles. The Kier molecular flexibility index (Phi) is 4.30. The van der Waals surface area contributed by atoms with Crippen LogP contribution in [0, 0.1) is 25.2 Å². The molecule has 0 heterocycles. The molecule has 2 rings (SSSR count). The van der Waals surface area contributed by atoms with Gasteiger partial charge in [-0.2, -0.15) is 0 Å². The molecule has 0 bridgehead atoms. The van der Waals surface area contributed by atoms with Gasteiger partial charge in [-0.15, -0.1) is 0 Å². The van der Waals surface area contributed by atoms with E-state index in [2.05, 4.69) is 52.8 Å². The Hall–Kier alpha value is -0.820. The van der Waals surface area contributed by atoms with Crippen LogP contribution in [0.5, 0.6) is 0 Å². The molecule has 112 valence electrons. The first-order valence-electron chi connectivity index (χ1n) is 8.07. The largest absolute Gasteiger partial charge is 0.325 e. The van der Waals surface area contributed by atoms with Gasteiger partial charge in [-0.3, -0.25) is 0 Å². The summed E-state index contributed by atoms with van der Waals surface area (Å²) >= 11 is 0. The first kappa shape index (κ1) is 15.6. The van der Waals surface area contributed by atoms with E-state index >= 15 is 0 Å². The lowest BCUT2D eigenvalue weighted by Gasteiger charge is -2.48. The molecule has 0 radical (unpaired) electrons. The van der Waals surface area contributed by atoms with Crippen LogP contribution in [0.1, 0.15) is 63.1 Å². The van der Waals surface area contributed by atoms with Crippen LogP contribution in [0.25, 0.3) is 0 Å². The molecular formula is C19H31N. The molecule has 0 spiro atoms. The van der Waals surface area contributed by atoms with Gasteiger partial charge in [-0.05, 0) is 50.0 Å². The summed E-state index contributed by atoms with van der Waals surface area (Å²) in [4.78, 5) is 0. The van der Waals surface area contributed by atoms with Gasteiger partial charge in [-0.1, -0.05) is 62.9 Å². The van der Waals surface area contributed by atoms with E-state index < -0.39 is 0 Å². The minimum atomic E-state index is -0.0310. The van der Waals surface area contributed by atoms with Crippen molar-refractivity contribution in [2.24, 2.45) is 17.1 Å². The maximum atomic E-state index is 6.92. The van der Waals surface area contributed by atoms with Gasteiger partial charge in [0.2, 0.25) is 0 Å². The summed E-state index contributed by atoms with van der Waals surface area (Å²) in [7, 11) is 0. The van der Waals surface area contributed by atoms with Crippen molar-refractivity contribution in [3.8, 4) is 0 Å². The average molecular weight is 273 g/mol. The fourth-order valence-electron chi connectivity index (χ4n) is 4.32. The molecule has 0 amide bonds. The molecule has 1 aliphatic carbocycles. The van der Waals surface area contributed by atoms with Crippen molar-refractivity contribution in [2.45, 2.75) is 72.3 Å². The highest BCUT2D eigenvalue weighted by Gasteiger charge is 2.43. The van der Waals surface area contributed by atoms with Gasteiger partial charge in [0.25, 0.3) is 0 Å². The lowest BCUT2D eigenvalue weighted by molar-refractivity contribution is 0.0793. The van der Waals surface area contributed by atoms with E-state index in [9.17, 15) is 0 Å². The molecule has 1 aromatic rings. The lowest BCUT2D eigenvalue weighted by atomic mass is 9.60. The van der Waals surface area contributed by atoms with Crippen LogP contribution in [-0.4, -0.2) is 5.54 Å². The summed E-state index contributed by atoms with van der Waals surface area (Å²) in [5, 5.41) is 0. The number of benzene rings is 1. The van der Waals surface area contributed by atoms with Crippen LogP contribution in [-0.2, 0) is 6.42 Å². The lowest BCUT2D eigenvalue weighted by Crippen LogP contribution is -2.55. The van der Waals surface area contributed by atoms with Gasteiger partial charge in [0.15, 0.2) is 0 Å². The molecule has 0 saturated heterocycles. The number of rotatable bonds is 2. The SMILES string of the molecule is Cc1cc(C)cc(CC2(N)CCCCC2C(C)(C)C)c1. The van der Waals surface area contributed by atoms with E-state index in [0.717, 1.165) is 6.42 Å². The summed E-state index contributed by atoms with van der Waals surface area (Å²) in [6, 6.07) is 6.88. The fourth-order valence-corrected chi connectivity index (χ4v) is 4.32. The molecule has 1 aliphatic rings. The molecule has 2 unspecified atom stereocenters. The van der Waals surface area contributed by atoms with Crippen molar-refractivity contribution in [3.05, 3.63) is 34.9 Å². The monoisotopic (exact) mass is 273 g/mol. The zero-order valence-electron chi connectivity index (χ0n) is 13.9. The highest BCUT2D eigenvalue weighted by molar-refractivity contribution is 5.30. The predicted octanol–water partition coefficient (Wildman–Crippen LogP) is 4.78. The van der Waals surface area contributed by atoms with E-state index in [-0.39, 0.29) is 5.54 Å². The molecule has 20 heavy (non-hydrogen) atoms. The van der Waals surface area contributed by atoms with Crippen molar-refractivity contribution in [2.75, 3.05) is 0 Å². The first-order chi connectivity index (χ1) is 9.21. The van der Waals surface area contributed by atoms with Gasteiger partial charge in [-0.25, -0.2) is 0 Å². The van der Waals surface area contributed by atoms with Crippen LogP contribution in [0.3, 0.4) is 0 Å². The molecule has 1 nitrogen and oxygen atoms in total. The van der Waals surface area contributed by atoms with Crippen LogP contribution in [0.2, 0.25) is 0 Å². The van der Waals surface area contributed by atoms with Crippen molar-refractivity contribution in [1.82, 2.24) is 0 Å². The molecule has 0 aromatic heterocycles. The maximum absolute atomic E-state index is 6.92. The van der Waals surface area contributed by atoms with Crippen LogP contribution >= 0.6 is 0 Å². The summed E-state index contributed by atoms with van der Waals surface area (Å²) in [6.07, 6.45) is 6.10. The zero-order valence-corrected chi connectivity index (χ0v) is 13.9. The maximum Gasteiger partial charge on any atom is 0.0228 e. The summed E-state index contributed by atoms with van der Waals surface area (Å²) in [6.45, 7) is 11.4. The van der Waals surface area contributed by atoms with Crippen molar-refractivity contribution in [1.29, 1.82) is 0 Å². The van der Waals surface area contributed by atoms with E-state index in [1.807, 2.05) is 0 Å². The van der Waals surface area contributed by atoms with Crippen molar-refractivity contribution in [3.63, 3.8) is 0 Å². The Balaban J connectivity index is 2.27. The van der Waals surface area contributed by atoms with Gasteiger partial charge in [0.05, 0.1) is 0 Å². The Morgan fingerprint density at radius 1 is 1.10 bits per heavy atom. The minimum absolute atomic E-state index is 0.0310. The van der Waals surface area contributed by atoms with E-state index in [4.69, 9.17) is 5.73 Å². The Labute approximate surface area is 125 Å². The quantitative estimate of drug-likeness (QED) is 0.824. The first-order valence-corrected chi connectivity index (χ1v) is 8.07. The standard InChI is InChI=1S/C19H31N/c1-14-10-15(2)12-16(11-14)13-19(20)9-7-6-8-17(19)18(3,4)5/h10-12,17H,6-9,13,20H2,1-5H3. The second kappa shape index (κ2) is 5.52. The summed E-state index contributed by atoms with van der Waals surface area (Å²) < 4.78 is 0. The summed E-state index contributed by atoms with van der Waals surface area (Å²) in [5.41, 5.74) is 11.3. The molecule has 0 aliphatic heterocycles. The van der Waals surface area contributed by atoms with E-state index in [1.165, 1.54) is 42.4 Å². The Bertz CT molecular complexity index is 449. The smallest absolute Gasteiger partial charge is 0.0228 e. The van der Waals surface area contributed by atoms with E-state index in [0.29, 0.717) is 11.3 Å². The molecule has 1 fully saturated rings. The molecular weight excluding hydrogens is 242 g/mol. The number of hydrogen-bond acceptors (Lipinski definition) is 1. The van der Waals surface area contributed by atoms with Crippen LogP contribution in [0.4, 0.5) is 0 Å². The highest BCUT2D eigenvalue weighted by atomic mass is 14.8. The molecule has 2 N–H and O–H groups in total. The third-order valence-corrected chi connectivity index (χ3v) is 4.94.